The molecule has 4 rings (SSSR count). The van der Waals surface area contributed by atoms with E-state index in [1.165, 1.54) is 38.0 Å². The van der Waals surface area contributed by atoms with Gasteiger partial charge in [-0.05, 0) is 49.4 Å². The molecule has 1 saturated carbocycles. The molecular weight excluding hydrogens is 446 g/mol. The molecule has 0 saturated heterocycles. The zero-order valence-corrected chi connectivity index (χ0v) is 20.0. The normalized spacial score (nSPS) is 15.2. The zero-order chi connectivity index (χ0) is 22.9. The van der Waals surface area contributed by atoms with Gasteiger partial charge in [-0.25, -0.2) is 17.7 Å². The van der Waals surface area contributed by atoms with Crippen LogP contribution in [0.25, 0.3) is 11.1 Å². The predicted octanol–water partition coefficient (Wildman–Crippen LogP) is 4.00. The molecule has 170 valence electrons. The van der Waals surface area contributed by atoms with Gasteiger partial charge in [0, 0.05) is 26.7 Å². The molecule has 1 heterocycles. The molecule has 1 atom stereocenters. The van der Waals surface area contributed by atoms with Crippen molar-refractivity contribution in [1.82, 2.24) is 14.2 Å². The summed E-state index contributed by atoms with van der Waals surface area (Å²) < 4.78 is 31.6. The average Bonchev–Trinajstić information content (AvgIpc) is 3.55. The first-order valence-electron chi connectivity index (χ1n) is 10.5. The van der Waals surface area contributed by atoms with Crippen molar-refractivity contribution in [2.45, 2.75) is 42.5 Å². The summed E-state index contributed by atoms with van der Waals surface area (Å²) in [6.45, 7) is 2.70. The highest BCUT2D eigenvalue weighted by Gasteiger charge is 2.34. The van der Waals surface area contributed by atoms with Gasteiger partial charge in [0.1, 0.15) is 5.52 Å². The maximum absolute atomic E-state index is 13.1. The van der Waals surface area contributed by atoms with E-state index in [1.54, 1.807) is 6.07 Å². The van der Waals surface area contributed by atoms with Gasteiger partial charge in [-0.15, -0.1) is 0 Å². The third kappa shape index (κ3) is 5.00. The molecule has 2 aromatic carbocycles. The number of oxazole rings is 1. The van der Waals surface area contributed by atoms with E-state index in [1.807, 2.05) is 35.2 Å². The fourth-order valence-electron chi connectivity index (χ4n) is 3.60. The van der Waals surface area contributed by atoms with Crippen molar-refractivity contribution in [2.75, 3.05) is 19.8 Å². The second-order valence-corrected chi connectivity index (χ2v) is 11.3. The van der Waals surface area contributed by atoms with E-state index in [-0.39, 0.29) is 22.6 Å². The van der Waals surface area contributed by atoms with Crippen LogP contribution in [-0.2, 0) is 21.4 Å². The maximum Gasteiger partial charge on any atom is 0.257 e. The Bertz CT molecular complexity index is 1200. The molecule has 1 aromatic heterocycles. The van der Waals surface area contributed by atoms with Crippen molar-refractivity contribution in [1.29, 1.82) is 0 Å². The van der Waals surface area contributed by atoms with Crippen LogP contribution in [0.4, 0.5) is 0 Å². The Labute approximate surface area is 192 Å². The van der Waals surface area contributed by atoms with E-state index < -0.39 is 10.0 Å². The molecule has 7 nitrogen and oxygen atoms in total. The van der Waals surface area contributed by atoms with Crippen molar-refractivity contribution in [3.8, 4) is 0 Å². The minimum Gasteiger partial charge on any atom is -0.431 e. The fraction of sp³-hybridized carbons (Fsp3) is 0.391. The third-order valence-corrected chi connectivity index (χ3v) is 8.37. The van der Waals surface area contributed by atoms with Crippen LogP contribution in [0.3, 0.4) is 0 Å². The minimum absolute atomic E-state index is 0.0383. The number of nitrogens with zero attached hydrogens (tertiary/aromatic N) is 3. The van der Waals surface area contributed by atoms with Crippen molar-refractivity contribution in [3.05, 3.63) is 54.1 Å². The van der Waals surface area contributed by atoms with Gasteiger partial charge in [0.25, 0.3) is 5.22 Å². The Kier molecular flexibility index (Phi) is 6.60. The molecule has 32 heavy (non-hydrogen) atoms. The Hall–Kier alpha value is -2.36. The molecule has 1 fully saturated rings. The van der Waals surface area contributed by atoms with Crippen LogP contribution in [0.1, 0.15) is 25.3 Å². The quantitative estimate of drug-likeness (QED) is 0.437. The highest BCUT2D eigenvalue weighted by molar-refractivity contribution is 7.99. The number of benzene rings is 2. The van der Waals surface area contributed by atoms with Crippen molar-refractivity contribution in [2.24, 2.45) is 5.92 Å². The highest BCUT2D eigenvalue weighted by Crippen LogP contribution is 2.36. The lowest BCUT2D eigenvalue weighted by atomic mass is 10.1. The number of hydrogen-bond donors (Lipinski definition) is 0. The molecule has 0 radical (unpaired) electrons. The molecule has 0 bridgehead atoms. The van der Waals surface area contributed by atoms with Crippen LogP contribution in [-0.4, -0.2) is 54.4 Å². The van der Waals surface area contributed by atoms with Crippen LogP contribution in [0, 0.1) is 5.92 Å². The van der Waals surface area contributed by atoms with E-state index in [2.05, 4.69) is 11.9 Å². The van der Waals surface area contributed by atoms with E-state index in [4.69, 9.17) is 4.42 Å². The fourth-order valence-corrected chi connectivity index (χ4v) is 5.24. The van der Waals surface area contributed by atoms with Gasteiger partial charge in [0.15, 0.2) is 5.58 Å². The lowest BCUT2D eigenvalue weighted by Gasteiger charge is -2.29. The lowest BCUT2D eigenvalue weighted by Crippen LogP contribution is -2.40. The number of hydrogen-bond acceptors (Lipinski definition) is 6. The summed E-state index contributed by atoms with van der Waals surface area (Å²) in [6, 6.07) is 14.8. The predicted molar refractivity (Wildman–Crippen MR) is 125 cm³/mol. The van der Waals surface area contributed by atoms with Crippen LogP contribution >= 0.6 is 11.8 Å². The minimum atomic E-state index is -3.55. The number of aromatic nitrogens is 1. The number of sulfonamides is 1. The summed E-state index contributed by atoms with van der Waals surface area (Å²) in [5.74, 6) is 0.810. The second kappa shape index (κ2) is 9.25. The first kappa shape index (κ1) is 22.8. The smallest absolute Gasteiger partial charge is 0.257 e. The highest BCUT2D eigenvalue weighted by atomic mass is 32.2. The summed E-state index contributed by atoms with van der Waals surface area (Å²) in [6.07, 6.45) is 2.33. The van der Waals surface area contributed by atoms with Gasteiger partial charge >= 0.3 is 0 Å². The maximum atomic E-state index is 13.1. The average molecular weight is 474 g/mol. The Morgan fingerprint density at radius 3 is 2.56 bits per heavy atom. The van der Waals surface area contributed by atoms with E-state index >= 15 is 0 Å². The first-order chi connectivity index (χ1) is 15.3. The molecule has 1 aliphatic carbocycles. The van der Waals surface area contributed by atoms with Crippen molar-refractivity contribution in [3.63, 3.8) is 0 Å². The molecule has 0 N–H and O–H groups in total. The van der Waals surface area contributed by atoms with Crippen LogP contribution in [0.5, 0.6) is 0 Å². The molecule has 3 aromatic rings. The zero-order valence-electron chi connectivity index (χ0n) is 18.4. The van der Waals surface area contributed by atoms with Crippen LogP contribution < -0.4 is 0 Å². The number of carbonyl (C=O) groups is 1. The van der Waals surface area contributed by atoms with Gasteiger partial charge in [-0.3, -0.25) is 4.79 Å². The first-order valence-corrected chi connectivity index (χ1v) is 13.0. The summed E-state index contributed by atoms with van der Waals surface area (Å²) >= 11 is 1.23. The number of amides is 1. The van der Waals surface area contributed by atoms with E-state index in [0.717, 1.165) is 22.7 Å². The third-order valence-electron chi connectivity index (χ3n) is 5.75. The van der Waals surface area contributed by atoms with Gasteiger partial charge in [-0.1, -0.05) is 42.1 Å². The summed E-state index contributed by atoms with van der Waals surface area (Å²) in [5.41, 5.74) is 2.05. The van der Waals surface area contributed by atoms with Crippen LogP contribution in [0.15, 0.2) is 63.1 Å². The SMILES string of the molecule is CC(C1CC1)N(Cc1ccccc1)C(=O)CSc1nc2cc(S(=O)(=O)N(C)C)ccc2o1. The van der Waals surface area contributed by atoms with Crippen molar-refractivity contribution >= 4 is 38.8 Å². The monoisotopic (exact) mass is 473 g/mol. The Balaban J connectivity index is 1.47. The van der Waals surface area contributed by atoms with E-state index in [9.17, 15) is 13.2 Å². The molecule has 0 aliphatic heterocycles. The standard InChI is InChI=1S/C23H27N3O4S2/c1-16(18-9-10-18)26(14-17-7-5-4-6-8-17)22(27)15-31-23-24-20-13-19(11-12-21(20)30-23)32(28,29)25(2)3/h4-8,11-13,16,18H,9-10,14-15H2,1-3H3. The summed E-state index contributed by atoms with van der Waals surface area (Å²) in [4.78, 5) is 19.6. The summed E-state index contributed by atoms with van der Waals surface area (Å²) in [5, 5.41) is 0.353. The van der Waals surface area contributed by atoms with Gasteiger partial charge in [-0.2, -0.15) is 0 Å². The molecule has 9 heteroatoms. The van der Waals surface area contributed by atoms with E-state index in [0.29, 0.717) is 28.8 Å². The summed E-state index contributed by atoms with van der Waals surface area (Å²) in [7, 11) is -0.583. The Morgan fingerprint density at radius 1 is 1.19 bits per heavy atom. The largest absolute Gasteiger partial charge is 0.431 e. The van der Waals surface area contributed by atoms with Gasteiger partial charge < -0.3 is 9.32 Å². The molecule has 1 amide bonds. The van der Waals surface area contributed by atoms with Gasteiger partial charge in [0.2, 0.25) is 15.9 Å². The Morgan fingerprint density at radius 2 is 1.91 bits per heavy atom. The number of rotatable bonds is 9. The topological polar surface area (TPSA) is 83.7 Å². The van der Waals surface area contributed by atoms with Gasteiger partial charge in [0.05, 0.1) is 10.6 Å². The molecule has 1 unspecified atom stereocenters. The van der Waals surface area contributed by atoms with Crippen LogP contribution in [0.2, 0.25) is 0 Å². The number of carbonyl (C=O) groups excluding carboxylic acids is 1. The second-order valence-electron chi connectivity index (χ2n) is 8.27. The number of fused-ring (bicyclic) bond motifs is 1. The molecule has 1 aliphatic rings. The molecular formula is C23H27N3O4S2. The van der Waals surface area contributed by atoms with Crippen molar-refractivity contribution < 1.29 is 17.6 Å². The number of thioether (sulfide) groups is 1. The molecule has 0 spiro atoms. The lowest BCUT2D eigenvalue weighted by molar-refractivity contribution is -0.131.